The van der Waals surface area contributed by atoms with Gasteiger partial charge in [-0.15, -0.1) is 11.0 Å². The highest BCUT2D eigenvalue weighted by atomic mass is 16.7. The number of hydrogen-bond acceptors (Lipinski definition) is 8. The number of nitrogens with one attached hydrogen (secondary N) is 2. The average Bonchev–Trinajstić information content (AvgIpc) is 2.89. The molecular weight excluding hydrogens is 456 g/mol. The third-order valence-corrected chi connectivity index (χ3v) is 7.48. The molecule has 2 N–H and O–H groups in total. The van der Waals surface area contributed by atoms with Crippen LogP contribution in [0.25, 0.3) is 0 Å². The van der Waals surface area contributed by atoms with Crippen molar-refractivity contribution in [1.29, 1.82) is 0 Å². The lowest BCUT2D eigenvalue weighted by atomic mass is 10.0. The zero-order valence-electron chi connectivity index (χ0n) is 21.8. The summed E-state index contributed by atoms with van der Waals surface area (Å²) in [5, 5.41) is 0. The SMILES string of the molecule is Cc1cccc(N2CCCC(NOC(=O)C(=O)ONC3CCCN(c4cccc(C)c4C)C3)C2)c1C. The number of carbonyl (C=O) groups excluding carboxylic acids is 2. The Balaban J connectivity index is 1.23. The van der Waals surface area contributed by atoms with Crippen LogP contribution in [-0.2, 0) is 19.3 Å². The fourth-order valence-electron chi connectivity index (χ4n) is 5.10. The molecule has 8 heteroatoms. The Morgan fingerprint density at radius 1 is 0.722 bits per heavy atom. The lowest BCUT2D eigenvalue weighted by Crippen LogP contribution is -2.49. The van der Waals surface area contributed by atoms with Crippen molar-refractivity contribution < 1.29 is 19.3 Å². The maximum absolute atomic E-state index is 12.3. The Kier molecular flexibility index (Phi) is 8.48. The molecule has 0 spiro atoms. The number of rotatable bonds is 6. The van der Waals surface area contributed by atoms with Gasteiger partial charge in [-0.05, 0) is 87.8 Å². The van der Waals surface area contributed by atoms with E-state index in [0.29, 0.717) is 13.1 Å². The minimum atomic E-state index is -1.05. The molecule has 0 bridgehead atoms. The highest BCUT2D eigenvalue weighted by Gasteiger charge is 2.27. The molecule has 194 valence electrons. The van der Waals surface area contributed by atoms with Crippen LogP contribution in [0.3, 0.4) is 0 Å². The Morgan fingerprint density at radius 2 is 1.14 bits per heavy atom. The van der Waals surface area contributed by atoms with E-state index in [1.165, 1.54) is 33.6 Å². The van der Waals surface area contributed by atoms with Gasteiger partial charge in [-0.3, -0.25) is 0 Å². The summed E-state index contributed by atoms with van der Waals surface area (Å²) in [4.78, 5) is 39.3. The number of anilines is 2. The number of aryl methyl sites for hydroxylation is 2. The second-order valence-electron chi connectivity index (χ2n) is 10.0. The van der Waals surface area contributed by atoms with Crippen molar-refractivity contribution in [3.05, 3.63) is 58.7 Å². The normalized spacial score (nSPS) is 20.2. The number of benzene rings is 2. The summed E-state index contributed by atoms with van der Waals surface area (Å²) in [6.45, 7) is 11.7. The highest BCUT2D eigenvalue weighted by molar-refractivity contribution is 6.29. The van der Waals surface area contributed by atoms with Gasteiger partial charge in [0.2, 0.25) is 0 Å². The van der Waals surface area contributed by atoms with E-state index in [0.717, 1.165) is 38.8 Å². The Hall–Kier alpha value is -3.10. The first kappa shape index (κ1) is 26.0. The van der Waals surface area contributed by atoms with Crippen molar-refractivity contribution in [3.8, 4) is 0 Å². The first-order valence-corrected chi connectivity index (χ1v) is 12.9. The summed E-state index contributed by atoms with van der Waals surface area (Å²) in [5.41, 5.74) is 13.0. The molecular formula is C28H38N4O4. The van der Waals surface area contributed by atoms with Gasteiger partial charge in [-0.2, -0.15) is 0 Å². The monoisotopic (exact) mass is 494 g/mol. The van der Waals surface area contributed by atoms with E-state index < -0.39 is 11.9 Å². The van der Waals surface area contributed by atoms with Crippen molar-refractivity contribution >= 4 is 23.3 Å². The number of hydrogen-bond donors (Lipinski definition) is 2. The highest BCUT2D eigenvalue weighted by Crippen LogP contribution is 2.27. The van der Waals surface area contributed by atoms with Gasteiger partial charge in [0.15, 0.2) is 0 Å². The van der Waals surface area contributed by atoms with E-state index in [9.17, 15) is 9.59 Å². The van der Waals surface area contributed by atoms with Crippen LogP contribution in [0.1, 0.15) is 47.9 Å². The zero-order valence-corrected chi connectivity index (χ0v) is 21.8. The molecule has 0 radical (unpaired) electrons. The molecule has 2 aliphatic heterocycles. The smallest absolute Gasteiger partial charge is 0.370 e. The van der Waals surface area contributed by atoms with Gasteiger partial charge in [0.25, 0.3) is 0 Å². The molecule has 2 aromatic rings. The largest absolute Gasteiger partial charge is 0.437 e. The minimum absolute atomic E-state index is 0.0622. The van der Waals surface area contributed by atoms with Gasteiger partial charge in [0, 0.05) is 37.6 Å². The standard InChI is InChI=1S/C28H38N4O4/c1-19-9-5-13-25(21(19)3)31-15-7-11-23(17-31)29-35-27(33)28(34)36-30-24-12-8-16-32(18-24)26-14-6-10-20(2)22(26)4/h5-6,9-10,13-14,23-24,29-30H,7-8,11-12,15-18H2,1-4H3. The zero-order chi connectivity index (χ0) is 25.7. The van der Waals surface area contributed by atoms with Crippen LogP contribution in [-0.4, -0.2) is 50.2 Å². The van der Waals surface area contributed by atoms with E-state index in [1.807, 2.05) is 0 Å². The molecule has 2 atom stereocenters. The van der Waals surface area contributed by atoms with Crippen LogP contribution in [0, 0.1) is 27.7 Å². The number of piperidine rings is 2. The summed E-state index contributed by atoms with van der Waals surface area (Å²) in [7, 11) is 0. The van der Waals surface area contributed by atoms with E-state index in [4.69, 9.17) is 9.68 Å². The predicted octanol–water partition coefficient (Wildman–Crippen LogP) is 3.65. The van der Waals surface area contributed by atoms with Crippen molar-refractivity contribution in [2.45, 2.75) is 65.5 Å². The van der Waals surface area contributed by atoms with Gasteiger partial charge in [-0.25, -0.2) is 9.59 Å². The topological polar surface area (TPSA) is 83.1 Å². The lowest BCUT2D eigenvalue weighted by Gasteiger charge is -2.35. The molecule has 2 heterocycles. The molecule has 2 aliphatic rings. The van der Waals surface area contributed by atoms with Crippen molar-refractivity contribution in [3.63, 3.8) is 0 Å². The molecule has 0 saturated carbocycles. The summed E-state index contributed by atoms with van der Waals surface area (Å²) in [6.07, 6.45) is 3.65. The van der Waals surface area contributed by atoms with Gasteiger partial charge >= 0.3 is 11.9 Å². The Labute approximate surface area is 213 Å². The third-order valence-electron chi connectivity index (χ3n) is 7.48. The maximum atomic E-state index is 12.3. The van der Waals surface area contributed by atoms with Gasteiger partial charge < -0.3 is 19.5 Å². The summed E-state index contributed by atoms with van der Waals surface area (Å²) in [5.74, 6) is -2.10. The van der Waals surface area contributed by atoms with Crippen LogP contribution in [0.5, 0.6) is 0 Å². The van der Waals surface area contributed by atoms with Crippen molar-refractivity contribution in [2.24, 2.45) is 0 Å². The van der Waals surface area contributed by atoms with Crippen LogP contribution < -0.4 is 20.8 Å². The quantitative estimate of drug-likeness (QED) is 0.465. The maximum Gasteiger partial charge on any atom is 0.437 e. The first-order chi connectivity index (χ1) is 17.3. The molecule has 2 unspecified atom stereocenters. The van der Waals surface area contributed by atoms with E-state index >= 15 is 0 Å². The van der Waals surface area contributed by atoms with Crippen LogP contribution in [0.4, 0.5) is 11.4 Å². The van der Waals surface area contributed by atoms with E-state index in [-0.39, 0.29) is 12.1 Å². The van der Waals surface area contributed by atoms with E-state index in [1.54, 1.807) is 0 Å². The second kappa shape index (κ2) is 11.8. The molecule has 0 aromatic heterocycles. The number of hydroxylamine groups is 2. The molecule has 0 aliphatic carbocycles. The lowest BCUT2D eigenvalue weighted by molar-refractivity contribution is -0.178. The van der Waals surface area contributed by atoms with Crippen molar-refractivity contribution in [1.82, 2.24) is 11.0 Å². The van der Waals surface area contributed by atoms with Gasteiger partial charge in [0.1, 0.15) is 0 Å². The summed E-state index contributed by atoms with van der Waals surface area (Å²) < 4.78 is 0. The fourth-order valence-corrected chi connectivity index (χ4v) is 5.10. The molecule has 2 saturated heterocycles. The van der Waals surface area contributed by atoms with Crippen LogP contribution in [0.15, 0.2) is 36.4 Å². The average molecular weight is 495 g/mol. The summed E-state index contributed by atoms with van der Waals surface area (Å²) in [6, 6.07) is 12.4. The van der Waals surface area contributed by atoms with Crippen molar-refractivity contribution in [2.75, 3.05) is 36.0 Å². The Bertz CT molecular complexity index is 1000. The van der Waals surface area contributed by atoms with Crippen LogP contribution >= 0.6 is 0 Å². The number of carbonyl (C=O) groups is 2. The van der Waals surface area contributed by atoms with Gasteiger partial charge in [-0.1, -0.05) is 24.3 Å². The number of nitrogens with zero attached hydrogens (tertiary/aromatic N) is 2. The molecule has 2 fully saturated rings. The molecule has 4 rings (SSSR count). The first-order valence-electron chi connectivity index (χ1n) is 12.9. The molecule has 8 nitrogen and oxygen atoms in total. The fraction of sp³-hybridized carbons (Fsp3) is 0.500. The molecule has 0 amide bonds. The third kappa shape index (κ3) is 6.17. The van der Waals surface area contributed by atoms with Crippen LogP contribution in [0.2, 0.25) is 0 Å². The Morgan fingerprint density at radius 3 is 1.56 bits per heavy atom. The van der Waals surface area contributed by atoms with Gasteiger partial charge in [0.05, 0.1) is 12.1 Å². The second-order valence-corrected chi connectivity index (χ2v) is 10.0. The molecule has 36 heavy (non-hydrogen) atoms. The minimum Gasteiger partial charge on any atom is -0.370 e. The predicted molar refractivity (Wildman–Crippen MR) is 141 cm³/mol. The molecule has 2 aromatic carbocycles. The summed E-state index contributed by atoms with van der Waals surface area (Å²) >= 11 is 0. The van der Waals surface area contributed by atoms with E-state index in [2.05, 4.69) is 84.9 Å².